The largest absolute Gasteiger partial charge is 0.479 e. The molecule has 16 heavy (non-hydrogen) atoms. The standard InChI is InChI=1S/C9H18N2O5/c1-3-16-5-4-11(2)9(15)10-6-7(12)8(13)14/h7,12H,3-6H2,1-2H3,(H,10,15)(H,13,14). The highest BCUT2D eigenvalue weighted by Crippen LogP contribution is 1.87. The van der Waals surface area contributed by atoms with E-state index >= 15 is 0 Å². The normalized spacial score (nSPS) is 11.9. The van der Waals surface area contributed by atoms with Gasteiger partial charge in [-0.1, -0.05) is 0 Å². The number of urea groups is 1. The van der Waals surface area contributed by atoms with Gasteiger partial charge in [-0.25, -0.2) is 9.59 Å². The number of ether oxygens (including phenoxy) is 1. The molecule has 0 aliphatic rings. The van der Waals surface area contributed by atoms with Gasteiger partial charge in [0.25, 0.3) is 0 Å². The van der Waals surface area contributed by atoms with Crippen LogP contribution in [0.1, 0.15) is 6.92 Å². The van der Waals surface area contributed by atoms with Crippen molar-refractivity contribution in [2.75, 3.05) is 33.4 Å². The molecule has 0 heterocycles. The highest BCUT2D eigenvalue weighted by Gasteiger charge is 2.15. The highest BCUT2D eigenvalue weighted by molar-refractivity contribution is 5.76. The van der Waals surface area contributed by atoms with Crippen LogP contribution < -0.4 is 5.32 Å². The van der Waals surface area contributed by atoms with Crippen LogP contribution in [0.25, 0.3) is 0 Å². The molecule has 0 saturated heterocycles. The quantitative estimate of drug-likeness (QED) is 0.496. The smallest absolute Gasteiger partial charge is 0.334 e. The van der Waals surface area contributed by atoms with E-state index in [0.717, 1.165) is 0 Å². The third kappa shape index (κ3) is 6.20. The third-order valence-electron chi connectivity index (χ3n) is 1.85. The number of hydrogen-bond acceptors (Lipinski definition) is 4. The molecule has 0 aliphatic heterocycles. The van der Waals surface area contributed by atoms with Gasteiger partial charge in [-0.05, 0) is 6.92 Å². The second kappa shape index (κ2) is 7.89. The van der Waals surface area contributed by atoms with Crippen LogP contribution in [0, 0.1) is 0 Å². The van der Waals surface area contributed by atoms with Crippen molar-refractivity contribution in [1.82, 2.24) is 10.2 Å². The summed E-state index contributed by atoms with van der Waals surface area (Å²) in [6.45, 7) is 2.94. The van der Waals surface area contributed by atoms with Crippen molar-refractivity contribution in [3.8, 4) is 0 Å². The number of nitrogens with one attached hydrogen (secondary N) is 1. The highest BCUT2D eigenvalue weighted by atomic mass is 16.5. The van der Waals surface area contributed by atoms with Crippen LogP contribution in [0.3, 0.4) is 0 Å². The SMILES string of the molecule is CCOCCN(C)C(=O)NCC(O)C(=O)O. The Balaban J connectivity index is 3.74. The fraction of sp³-hybridized carbons (Fsp3) is 0.778. The Morgan fingerprint density at radius 2 is 2.12 bits per heavy atom. The molecule has 0 saturated carbocycles. The Hall–Kier alpha value is -1.34. The molecule has 0 aromatic rings. The Bertz CT molecular complexity index is 234. The molecule has 0 bridgehead atoms. The van der Waals surface area contributed by atoms with Crippen molar-refractivity contribution in [2.24, 2.45) is 0 Å². The van der Waals surface area contributed by atoms with E-state index in [1.165, 1.54) is 4.90 Å². The zero-order chi connectivity index (χ0) is 12.6. The monoisotopic (exact) mass is 234 g/mol. The molecule has 0 fully saturated rings. The van der Waals surface area contributed by atoms with Gasteiger partial charge >= 0.3 is 12.0 Å². The Morgan fingerprint density at radius 1 is 1.50 bits per heavy atom. The summed E-state index contributed by atoms with van der Waals surface area (Å²) in [5.41, 5.74) is 0. The van der Waals surface area contributed by atoms with E-state index in [2.05, 4.69) is 5.32 Å². The predicted octanol–water partition coefficient (Wildman–Crippen LogP) is -0.890. The minimum absolute atomic E-state index is 0.312. The fourth-order valence-electron chi connectivity index (χ4n) is 0.854. The van der Waals surface area contributed by atoms with Gasteiger partial charge in [0.2, 0.25) is 0 Å². The van der Waals surface area contributed by atoms with E-state index in [-0.39, 0.29) is 6.54 Å². The number of carbonyl (C=O) groups is 2. The van der Waals surface area contributed by atoms with Crippen molar-refractivity contribution in [3.05, 3.63) is 0 Å². The first-order chi connectivity index (χ1) is 7.49. The number of carboxylic acids is 1. The summed E-state index contributed by atoms with van der Waals surface area (Å²) >= 11 is 0. The average Bonchev–Trinajstić information content (AvgIpc) is 2.25. The summed E-state index contributed by atoms with van der Waals surface area (Å²) in [7, 11) is 1.56. The van der Waals surface area contributed by atoms with Crippen molar-refractivity contribution in [3.63, 3.8) is 0 Å². The van der Waals surface area contributed by atoms with Crippen LogP contribution in [-0.2, 0) is 9.53 Å². The second-order valence-electron chi connectivity index (χ2n) is 3.16. The van der Waals surface area contributed by atoms with Crippen LogP contribution in [0.15, 0.2) is 0 Å². The van der Waals surface area contributed by atoms with Crippen LogP contribution in [0.2, 0.25) is 0 Å². The lowest BCUT2D eigenvalue weighted by Crippen LogP contribution is -2.43. The molecule has 0 rings (SSSR count). The summed E-state index contributed by atoms with van der Waals surface area (Å²) in [6, 6.07) is -0.444. The molecule has 3 N–H and O–H groups in total. The molecule has 94 valence electrons. The molecule has 2 amide bonds. The maximum atomic E-state index is 11.3. The zero-order valence-corrected chi connectivity index (χ0v) is 9.47. The molecular weight excluding hydrogens is 216 g/mol. The molecule has 7 heteroatoms. The first-order valence-electron chi connectivity index (χ1n) is 4.96. The predicted molar refractivity (Wildman–Crippen MR) is 56.2 cm³/mol. The second-order valence-corrected chi connectivity index (χ2v) is 3.16. The molecule has 0 aromatic heterocycles. The van der Waals surface area contributed by atoms with Gasteiger partial charge in [0, 0.05) is 20.2 Å². The maximum Gasteiger partial charge on any atom is 0.334 e. The Kier molecular flexibility index (Phi) is 7.23. The lowest BCUT2D eigenvalue weighted by molar-refractivity contribution is -0.146. The Morgan fingerprint density at radius 3 is 2.62 bits per heavy atom. The van der Waals surface area contributed by atoms with E-state index in [0.29, 0.717) is 19.8 Å². The number of nitrogens with zero attached hydrogens (tertiary/aromatic N) is 1. The minimum atomic E-state index is -1.58. The van der Waals surface area contributed by atoms with E-state index < -0.39 is 18.1 Å². The van der Waals surface area contributed by atoms with E-state index in [4.69, 9.17) is 14.9 Å². The number of carboxylic acid groups (broad SMARTS) is 1. The number of likely N-dealkylation sites (N-methyl/N-ethyl adjacent to an activating group) is 1. The summed E-state index contributed by atoms with van der Waals surface area (Å²) in [4.78, 5) is 22.9. The van der Waals surface area contributed by atoms with Gasteiger partial charge in [-0.3, -0.25) is 0 Å². The fourth-order valence-corrected chi connectivity index (χ4v) is 0.854. The molecule has 1 unspecified atom stereocenters. The molecule has 0 radical (unpaired) electrons. The molecule has 0 aromatic carbocycles. The van der Waals surface area contributed by atoms with Crippen molar-refractivity contribution < 1.29 is 24.5 Å². The number of amides is 2. The molecule has 0 spiro atoms. The lowest BCUT2D eigenvalue weighted by Gasteiger charge is -2.18. The lowest BCUT2D eigenvalue weighted by atomic mass is 10.3. The molecule has 1 atom stereocenters. The molecule has 0 aliphatic carbocycles. The van der Waals surface area contributed by atoms with Gasteiger partial charge in [0.1, 0.15) is 0 Å². The first-order valence-corrected chi connectivity index (χ1v) is 4.96. The van der Waals surface area contributed by atoms with Crippen molar-refractivity contribution in [2.45, 2.75) is 13.0 Å². The number of hydrogen-bond donors (Lipinski definition) is 3. The van der Waals surface area contributed by atoms with Gasteiger partial charge in [0.15, 0.2) is 6.10 Å². The van der Waals surface area contributed by atoms with Gasteiger partial charge in [-0.2, -0.15) is 0 Å². The summed E-state index contributed by atoms with van der Waals surface area (Å²) in [5.74, 6) is -1.36. The van der Waals surface area contributed by atoms with Crippen LogP contribution >= 0.6 is 0 Å². The zero-order valence-electron chi connectivity index (χ0n) is 9.47. The molecular formula is C9H18N2O5. The summed E-state index contributed by atoms with van der Waals surface area (Å²) in [6.07, 6.45) is -1.58. The van der Waals surface area contributed by atoms with E-state index in [1.807, 2.05) is 6.92 Å². The number of aliphatic hydroxyl groups is 1. The van der Waals surface area contributed by atoms with Gasteiger partial charge < -0.3 is 25.2 Å². The number of aliphatic hydroxyl groups excluding tert-OH is 1. The maximum absolute atomic E-state index is 11.3. The van der Waals surface area contributed by atoms with Crippen LogP contribution in [0.5, 0.6) is 0 Å². The van der Waals surface area contributed by atoms with Crippen molar-refractivity contribution in [1.29, 1.82) is 0 Å². The Labute approximate surface area is 94.0 Å². The van der Waals surface area contributed by atoms with Crippen LogP contribution in [-0.4, -0.2) is 66.6 Å². The van der Waals surface area contributed by atoms with E-state index in [1.54, 1.807) is 7.05 Å². The topological polar surface area (TPSA) is 99.1 Å². The van der Waals surface area contributed by atoms with Gasteiger partial charge in [0.05, 0.1) is 13.2 Å². The number of carbonyl (C=O) groups excluding carboxylic acids is 1. The average molecular weight is 234 g/mol. The third-order valence-corrected chi connectivity index (χ3v) is 1.85. The van der Waals surface area contributed by atoms with Crippen LogP contribution in [0.4, 0.5) is 4.79 Å². The number of rotatable bonds is 7. The minimum Gasteiger partial charge on any atom is -0.479 e. The summed E-state index contributed by atoms with van der Waals surface area (Å²) in [5, 5.41) is 19.6. The first kappa shape index (κ1) is 14.7. The van der Waals surface area contributed by atoms with E-state index in [9.17, 15) is 9.59 Å². The van der Waals surface area contributed by atoms with Gasteiger partial charge in [-0.15, -0.1) is 0 Å². The molecule has 7 nitrogen and oxygen atoms in total. The number of aliphatic carboxylic acids is 1. The summed E-state index contributed by atoms with van der Waals surface area (Å²) < 4.78 is 5.05. The van der Waals surface area contributed by atoms with Crippen molar-refractivity contribution >= 4 is 12.0 Å².